The highest BCUT2D eigenvalue weighted by atomic mass is 16.6. The fourth-order valence-corrected chi connectivity index (χ4v) is 4.80. The van der Waals surface area contributed by atoms with Crippen LogP contribution in [0, 0.1) is 0 Å². The first-order valence-corrected chi connectivity index (χ1v) is 12.1. The molecule has 1 aromatic carbocycles. The highest BCUT2D eigenvalue weighted by molar-refractivity contribution is 5.98. The molecule has 2 aromatic heterocycles. The van der Waals surface area contributed by atoms with E-state index < -0.39 is 17.5 Å². The van der Waals surface area contributed by atoms with E-state index in [9.17, 15) is 14.4 Å². The number of aryl methyl sites for hydroxylation is 2. The third-order valence-electron chi connectivity index (χ3n) is 6.50. The minimum atomic E-state index is -1.28. The number of rotatable bonds is 6. The van der Waals surface area contributed by atoms with Gasteiger partial charge in [0.15, 0.2) is 5.65 Å². The number of morpholine rings is 1. The lowest BCUT2D eigenvalue weighted by Crippen LogP contribution is -2.50. The fraction of sp³-hybridized carbons (Fsp3) is 0.400. The second-order valence-electron chi connectivity index (χ2n) is 8.85. The number of aromatic nitrogens is 3. The summed E-state index contributed by atoms with van der Waals surface area (Å²) in [6.07, 6.45) is 5.44. The van der Waals surface area contributed by atoms with Gasteiger partial charge in [-0.3, -0.25) is 9.80 Å². The van der Waals surface area contributed by atoms with Crippen LogP contribution in [0.2, 0.25) is 0 Å². The number of anilines is 1. The van der Waals surface area contributed by atoms with Gasteiger partial charge in [-0.15, -0.1) is 0 Å². The zero-order chi connectivity index (χ0) is 25.2. The van der Waals surface area contributed by atoms with Crippen LogP contribution in [0.3, 0.4) is 0 Å². The van der Waals surface area contributed by atoms with Crippen molar-refractivity contribution < 1.29 is 19.1 Å². The summed E-state index contributed by atoms with van der Waals surface area (Å²) in [7, 11) is 0. The summed E-state index contributed by atoms with van der Waals surface area (Å²) >= 11 is 0. The van der Waals surface area contributed by atoms with Crippen LogP contribution < -0.4 is 16.2 Å². The first-order valence-electron chi connectivity index (χ1n) is 12.1. The quantitative estimate of drug-likeness (QED) is 0.405. The molecule has 0 spiro atoms. The number of carbonyl (C=O) groups excluding carboxylic acids is 2. The van der Waals surface area contributed by atoms with Gasteiger partial charge in [0.2, 0.25) is 11.4 Å². The molecule has 3 heterocycles. The number of fused-ring (bicyclic) bond motifs is 2. The second-order valence-corrected chi connectivity index (χ2v) is 8.85. The number of carbonyl (C=O) groups is 2. The van der Waals surface area contributed by atoms with E-state index in [0.29, 0.717) is 44.4 Å². The highest BCUT2D eigenvalue weighted by Crippen LogP contribution is 2.26. The van der Waals surface area contributed by atoms with Crippen LogP contribution >= 0.6 is 0 Å². The molecule has 1 saturated heterocycles. The Hall–Kier alpha value is -3.83. The number of nitrogens with zero attached hydrogens (tertiary/aromatic N) is 5. The molecular formula is C25H28N6O5. The van der Waals surface area contributed by atoms with Crippen molar-refractivity contribution in [3.05, 3.63) is 57.5 Å². The monoisotopic (exact) mass is 492 g/mol. The van der Waals surface area contributed by atoms with Crippen molar-refractivity contribution in [1.29, 1.82) is 0 Å². The lowest BCUT2D eigenvalue weighted by Gasteiger charge is -2.37. The van der Waals surface area contributed by atoms with Crippen LogP contribution in [0.25, 0.3) is 16.7 Å². The van der Waals surface area contributed by atoms with E-state index >= 15 is 0 Å². The Kier molecular flexibility index (Phi) is 6.66. The number of hydrazine groups is 1. The van der Waals surface area contributed by atoms with E-state index in [0.717, 1.165) is 31.4 Å². The number of primary amides is 1. The number of esters is 1. The van der Waals surface area contributed by atoms with Crippen molar-refractivity contribution in [2.45, 2.75) is 32.6 Å². The molecule has 1 fully saturated rings. The average molecular weight is 493 g/mol. The molecule has 2 aliphatic rings. The molecular weight excluding hydrogens is 464 g/mol. The van der Waals surface area contributed by atoms with Crippen molar-refractivity contribution in [3.63, 3.8) is 0 Å². The van der Waals surface area contributed by atoms with Gasteiger partial charge in [0.25, 0.3) is 0 Å². The van der Waals surface area contributed by atoms with Gasteiger partial charge < -0.3 is 19.8 Å². The van der Waals surface area contributed by atoms with Gasteiger partial charge in [-0.05, 0) is 48.9 Å². The number of benzene rings is 1. The molecule has 2 N–H and O–H groups in total. The van der Waals surface area contributed by atoms with E-state index in [1.807, 2.05) is 17.1 Å². The van der Waals surface area contributed by atoms with E-state index in [4.69, 9.17) is 15.5 Å². The molecule has 3 aromatic rings. The standard InChI is InChI=1S/C25H28N6O5/c1-2-8-31(29-9-11-35-12-10-29)25-27-14-19-21(32)20(23(33)36-24(26)34)15-30(22(19)28-25)18-7-6-16-4-3-5-17(16)13-18/h6-7,13-15H,2-5,8-12H2,1H3,(H2,26,34). The molecule has 36 heavy (non-hydrogen) atoms. The molecule has 0 saturated carbocycles. The maximum Gasteiger partial charge on any atom is 0.412 e. The number of hydrogen-bond donors (Lipinski definition) is 1. The topological polar surface area (TPSA) is 133 Å². The van der Waals surface area contributed by atoms with Gasteiger partial charge in [0.1, 0.15) is 5.56 Å². The Morgan fingerprint density at radius 2 is 1.97 bits per heavy atom. The summed E-state index contributed by atoms with van der Waals surface area (Å²) in [4.78, 5) is 46.3. The van der Waals surface area contributed by atoms with Crippen LogP contribution in [-0.2, 0) is 22.3 Å². The number of ether oxygens (including phenoxy) is 2. The molecule has 11 heteroatoms. The zero-order valence-electron chi connectivity index (χ0n) is 20.1. The van der Waals surface area contributed by atoms with Gasteiger partial charge >= 0.3 is 12.1 Å². The third-order valence-corrected chi connectivity index (χ3v) is 6.50. The predicted molar refractivity (Wildman–Crippen MR) is 132 cm³/mol. The number of pyridine rings is 1. The lowest BCUT2D eigenvalue weighted by molar-refractivity contribution is 0.0308. The first-order chi connectivity index (χ1) is 17.5. The van der Waals surface area contributed by atoms with Crippen molar-refractivity contribution in [2.75, 3.05) is 37.9 Å². The summed E-state index contributed by atoms with van der Waals surface area (Å²) < 4.78 is 11.7. The molecule has 1 aliphatic carbocycles. The minimum absolute atomic E-state index is 0.136. The number of nitrogens with two attached hydrogens (primary N) is 1. The first kappa shape index (κ1) is 23.9. The minimum Gasteiger partial charge on any atom is -0.379 e. The average Bonchev–Trinajstić information content (AvgIpc) is 3.35. The molecule has 0 radical (unpaired) electrons. The fourth-order valence-electron chi connectivity index (χ4n) is 4.80. The maximum atomic E-state index is 13.2. The Balaban J connectivity index is 1.69. The van der Waals surface area contributed by atoms with E-state index in [1.165, 1.54) is 23.5 Å². The van der Waals surface area contributed by atoms with Crippen LogP contribution in [-0.4, -0.2) is 64.5 Å². The summed E-state index contributed by atoms with van der Waals surface area (Å²) in [6, 6.07) is 6.04. The van der Waals surface area contributed by atoms with E-state index in [2.05, 4.69) is 27.7 Å². The number of amides is 1. The summed E-state index contributed by atoms with van der Waals surface area (Å²) in [5, 5.41) is 4.29. The largest absolute Gasteiger partial charge is 0.412 e. The molecule has 5 rings (SSSR count). The second kappa shape index (κ2) is 10.0. The molecule has 1 aliphatic heterocycles. The van der Waals surface area contributed by atoms with Crippen LogP contribution in [0.15, 0.2) is 35.4 Å². The summed E-state index contributed by atoms with van der Waals surface area (Å²) in [6.45, 7) is 5.40. The van der Waals surface area contributed by atoms with Crippen molar-refractivity contribution >= 4 is 29.0 Å². The maximum absolute atomic E-state index is 13.2. The van der Waals surface area contributed by atoms with Gasteiger partial charge in [-0.2, -0.15) is 4.98 Å². The van der Waals surface area contributed by atoms with Crippen molar-refractivity contribution in [3.8, 4) is 5.69 Å². The van der Waals surface area contributed by atoms with Gasteiger partial charge in [-0.25, -0.2) is 19.6 Å². The Morgan fingerprint density at radius 1 is 1.19 bits per heavy atom. The van der Waals surface area contributed by atoms with Gasteiger partial charge in [-0.1, -0.05) is 13.0 Å². The van der Waals surface area contributed by atoms with E-state index in [1.54, 1.807) is 4.57 Å². The van der Waals surface area contributed by atoms with Crippen LogP contribution in [0.1, 0.15) is 41.3 Å². The van der Waals surface area contributed by atoms with E-state index in [-0.39, 0.29) is 10.9 Å². The third kappa shape index (κ3) is 4.54. The van der Waals surface area contributed by atoms with Crippen LogP contribution in [0.4, 0.5) is 10.7 Å². The van der Waals surface area contributed by atoms with Crippen LogP contribution in [0.5, 0.6) is 0 Å². The highest BCUT2D eigenvalue weighted by Gasteiger charge is 2.25. The zero-order valence-corrected chi connectivity index (χ0v) is 20.1. The number of hydrogen-bond acceptors (Lipinski definition) is 9. The summed E-state index contributed by atoms with van der Waals surface area (Å²) in [5.41, 5.74) is 7.67. The Morgan fingerprint density at radius 3 is 2.72 bits per heavy atom. The lowest BCUT2D eigenvalue weighted by atomic mass is 10.1. The smallest absolute Gasteiger partial charge is 0.379 e. The van der Waals surface area contributed by atoms with Gasteiger partial charge in [0, 0.05) is 37.7 Å². The summed E-state index contributed by atoms with van der Waals surface area (Å²) in [5.74, 6) is -0.665. The molecule has 0 atom stereocenters. The molecule has 11 nitrogen and oxygen atoms in total. The molecule has 0 unspecified atom stereocenters. The van der Waals surface area contributed by atoms with Crippen molar-refractivity contribution in [2.24, 2.45) is 5.73 Å². The Labute approximate surface area is 207 Å². The normalized spacial score (nSPS) is 15.6. The van der Waals surface area contributed by atoms with Gasteiger partial charge in [0.05, 0.1) is 18.6 Å². The molecule has 1 amide bonds. The SMILES string of the molecule is CCCN(c1ncc2c(=O)c(C(=O)OC(N)=O)cn(-c3ccc4c(c3)CCC4)c2n1)N1CCOCC1. The molecule has 0 bridgehead atoms. The molecule has 188 valence electrons. The Bertz CT molecular complexity index is 1380. The van der Waals surface area contributed by atoms with Crippen molar-refractivity contribution in [1.82, 2.24) is 19.5 Å². The predicted octanol–water partition coefficient (Wildman–Crippen LogP) is 1.97.